The fourth-order valence-electron chi connectivity index (χ4n) is 4.48. The van der Waals surface area contributed by atoms with Crippen LogP contribution in [0.5, 0.6) is 0 Å². The van der Waals surface area contributed by atoms with Crippen LogP contribution in [0.2, 0.25) is 0 Å². The van der Waals surface area contributed by atoms with Crippen molar-refractivity contribution in [1.29, 1.82) is 0 Å². The molecule has 8 heteroatoms. The largest absolute Gasteiger partial charge is 0.336 e. The van der Waals surface area contributed by atoms with E-state index in [1.54, 1.807) is 9.58 Å². The van der Waals surface area contributed by atoms with E-state index in [0.29, 0.717) is 32.4 Å². The lowest BCUT2D eigenvalue weighted by atomic mass is 9.71. The van der Waals surface area contributed by atoms with E-state index in [2.05, 4.69) is 5.10 Å². The molecule has 1 unspecified atom stereocenters. The molecule has 27 heavy (non-hydrogen) atoms. The summed E-state index contributed by atoms with van der Waals surface area (Å²) in [5.74, 6) is -3.59. The summed E-state index contributed by atoms with van der Waals surface area (Å²) in [4.78, 5) is 28.4. The highest BCUT2D eigenvalue weighted by molar-refractivity contribution is 5.85. The zero-order chi connectivity index (χ0) is 19.8. The first-order chi connectivity index (χ1) is 12.7. The van der Waals surface area contributed by atoms with Gasteiger partial charge in [-0.2, -0.15) is 5.10 Å². The zero-order valence-electron chi connectivity index (χ0n) is 16.3. The third kappa shape index (κ3) is 3.99. The quantitative estimate of drug-likeness (QED) is 0.804. The number of piperidine rings is 2. The first-order valence-electron chi connectivity index (χ1n) is 9.60. The van der Waals surface area contributed by atoms with Crippen molar-refractivity contribution in [3.63, 3.8) is 0 Å². The molecule has 2 fully saturated rings. The number of carbonyl (C=O) groups excluding carboxylic acids is 2. The molecule has 1 atom stereocenters. The topological polar surface area (TPSA) is 58.4 Å². The monoisotopic (exact) mass is 382 g/mol. The van der Waals surface area contributed by atoms with Gasteiger partial charge in [-0.05, 0) is 32.3 Å². The Labute approximate surface area is 158 Å². The van der Waals surface area contributed by atoms with Crippen LogP contribution in [-0.2, 0) is 23.2 Å². The molecule has 1 aromatic rings. The van der Waals surface area contributed by atoms with E-state index in [-0.39, 0.29) is 24.8 Å². The summed E-state index contributed by atoms with van der Waals surface area (Å²) in [7, 11) is 1.81. The van der Waals surface area contributed by atoms with E-state index in [9.17, 15) is 18.4 Å². The van der Waals surface area contributed by atoms with Crippen molar-refractivity contribution in [2.24, 2.45) is 12.5 Å². The molecule has 0 radical (unpaired) electrons. The summed E-state index contributed by atoms with van der Waals surface area (Å²) in [6.07, 6.45) is 1.43. The molecule has 2 aliphatic heterocycles. The van der Waals surface area contributed by atoms with Crippen LogP contribution in [0.4, 0.5) is 8.78 Å². The minimum absolute atomic E-state index is 0.0984. The van der Waals surface area contributed by atoms with Crippen LogP contribution in [0.1, 0.15) is 50.4 Å². The fraction of sp³-hybridized carbons (Fsp3) is 0.737. The Bertz CT molecular complexity index is 733. The van der Waals surface area contributed by atoms with Crippen molar-refractivity contribution >= 4 is 11.8 Å². The van der Waals surface area contributed by atoms with Gasteiger partial charge in [-0.15, -0.1) is 0 Å². The third-order valence-corrected chi connectivity index (χ3v) is 5.61. The average Bonchev–Trinajstić information content (AvgIpc) is 2.88. The van der Waals surface area contributed by atoms with Gasteiger partial charge in [0, 0.05) is 33.0 Å². The molecule has 0 aromatic carbocycles. The van der Waals surface area contributed by atoms with Gasteiger partial charge in [0.15, 0.2) is 0 Å². The van der Waals surface area contributed by atoms with E-state index in [0.717, 1.165) is 11.4 Å². The Morgan fingerprint density at radius 1 is 1.33 bits per heavy atom. The first kappa shape index (κ1) is 19.8. The van der Waals surface area contributed by atoms with Crippen molar-refractivity contribution in [3.8, 4) is 0 Å². The van der Waals surface area contributed by atoms with Crippen LogP contribution in [0.15, 0.2) is 6.07 Å². The first-order valence-corrected chi connectivity index (χ1v) is 9.60. The van der Waals surface area contributed by atoms with Gasteiger partial charge < -0.3 is 9.80 Å². The number of rotatable bonds is 4. The molecule has 3 rings (SSSR count). The molecule has 6 nitrogen and oxygen atoms in total. The van der Waals surface area contributed by atoms with Crippen LogP contribution in [-0.4, -0.2) is 57.0 Å². The van der Waals surface area contributed by atoms with E-state index in [4.69, 9.17) is 0 Å². The average molecular weight is 382 g/mol. The van der Waals surface area contributed by atoms with Gasteiger partial charge in [-0.1, -0.05) is 6.92 Å². The molecule has 0 aliphatic carbocycles. The second kappa shape index (κ2) is 7.20. The van der Waals surface area contributed by atoms with E-state index >= 15 is 0 Å². The Balaban J connectivity index is 1.83. The Morgan fingerprint density at radius 3 is 2.70 bits per heavy atom. The molecule has 150 valence electrons. The maximum absolute atomic E-state index is 14.5. The van der Waals surface area contributed by atoms with Gasteiger partial charge in [0.1, 0.15) is 0 Å². The molecule has 0 N–H and O–H groups in total. The molecule has 1 aromatic heterocycles. The third-order valence-electron chi connectivity index (χ3n) is 5.61. The van der Waals surface area contributed by atoms with Crippen molar-refractivity contribution in [2.45, 2.75) is 58.4 Å². The van der Waals surface area contributed by atoms with Gasteiger partial charge in [0.2, 0.25) is 11.8 Å². The molecule has 0 bridgehead atoms. The van der Waals surface area contributed by atoms with Crippen LogP contribution >= 0.6 is 0 Å². The van der Waals surface area contributed by atoms with Gasteiger partial charge in [0.05, 0.1) is 29.9 Å². The summed E-state index contributed by atoms with van der Waals surface area (Å²) in [6.45, 7) is 4.13. The van der Waals surface area contributed by atoms with Gasteiger partial charge >= 0.3 is 0 Å². The number of hydrogen-bond donors (Lipinski definition) is 0. The Morgan fingerprint density at radius 2 is 2.07 bits per heavy atom. The molecular weight excluding hydrogens is 354 g/mol. The van der Waals surface area contributed by atoms with Gasteiger partial charge in [-0.25, -0.2) is 8.78 Å². The van der Waals surface area contributed by atoms with Gasteiger partial charge in [0.25, 0.3) is 5.92 Å². The molecule has 3 heterocycles. The second-order valence-electron chi connectivity index (χ2n) is 8.04. The lowest BCUT2D eigenvalue weighted by Gasteiger charge is -2.49. The summed E-state index contributed by atoms with van der Waals surface area (Å²) in [5, 5.41) is 4.29. The van der Waals surface area contributed by atoms with Crippen molar-refractivity contribution in [2.75, 3.05) is 19.6 Å². The number of aryl methyl sites for hydroxylation is 2. The number of aromatic nitrogens is 2. The standard InChI is InChI=1S/C19H28F2N4O2/c1-4-6-16(26)25-12-18(11-19(20,21)13-25)7-5-8-24(17(18)27)10-15-9-14(2)22-23(15)3/h9H,4-8,10-13H2,1-3H3. The van der Waals surface area contributed by atoms with Crippen molar-refractivity contribution < 1.29 is 18.4 Å². The van der Waals surface area contributed by atoms with Crippen molar-refractivity contribution in [1.82, 2.24) is 19.6 Å². The van der Waals surface area contributed by atoms with E-state index in [1.807, 2.05) is 27.0 Å². The highest BCUT2D eigenvalue weighted by Crippen LogP contribution is 2.45. The predicted molar refractivity (Wildman–Crippen MR) is 96.1 cm³/mol. The Hall–Kier alpha value is -1.99. The zero-order valence-corrected chi connectivity index (χ0v) is 16.3. The maximum Gasteiger partial charge on any atom is 0.266 e. The number of halogens is 2. The number of amides is 2. The van der Waals surface area contributed by atoms with Crippen molar-refractivity contribution in [3.05, 3.63) is 17.5 Å². The van der Waals surface area contributed by atoms with E-state index in [1.165, 1.54) is 4.90 Å². The lowest BCUT2D eigenvalue weighted by Crippen LogP contribution is -2.61. The van der Waals surface area contributed by atoms with E-state index < -0.39 is 24.3 Å². The second-order valence-corrected chi connectivity index (χ2v) is 8.04. The van der Waals surface area contributed by atoms with Crippen LogP contribution in [0.3, 0.4) is 0 Å². The molecular formula is C19H28F2N4O2. The molecule has 2 amide bonds. The number of alkyl halides is 2. The summed E-state index contributed by atoms with van der Waals surface area (Å²) < 4.78 is 30.7. The summed E-state index contributed by atoms with van der Waals surface area (Å²) in [5.41, 5.74) is 0.545. The summed E-state index contributed by atoms with van der Waals surface area (Å²) in [6, 6.07) is 1.90. The molecule has 2 aliphatic rings. The minimum Gasteiger partial charge on any atom is -0.336 e. The Kier molecular flexibility index (Phi) is 5.27. The minimum atomic E-state index is -3.04. The lowest BCUT2D eigenvalue weighted by molar-refractivity contribution is -0.175. The molecule has 0 saturated carbocycles. The highest BCUT2D eigenvalue weighted by atomic mass is 19.3. The van der Waals surface area contributed by atoms with Gasteiger partial charge in [-0.3, -0.25) is 14.3 Å². The maximum atomic E-state index is 14.5. The SMILES string of the molecule is CCCC(=O)N1CC(F)(F)CC2(CCCN(Cc3cc(C)nn3C)C2=O)C1. The highest BCUT2D eigenvalue weighted by Gasteiger charge is 2.55. The molecule has 1 spiro atoms. The smallest absolute Gasteiger partial charge is 0.266 e. The number of hydrogen-bond acceptors (Lipinski definition) is 3. The number of carbonyl (C=O) groups is 2. The predicted octanol–water partition coefficient (Wildman–Crippen LogP) is 2.51. The fourth-order valence-corrected chi connectivity index (χ4v) is 4.48. The van der Waals surface area contributed by atoms with Crippen LogP contribution in [0, 0.1) is 12.3 Å². The van der Waals surface area contributed by atoms with Crippen LogP contribution in [0.25, 0.3) is 0 Å². The number of likely N-dealkylation sites (tertiary alicyclic amines) is 2. The summed E-state index contributed by atoms with van der Waals surface area (Å²) >= 11 is 0. The van der Waals surface area contributed by atoms with Crippen LogP contribution < -0.4 is 0 Å². The molecule has 2 saturated heterocycles. The normalized spacial score (nSPS) is 25.3. The number of nitrogens with zero attached hydrogens (tertiary/aromatic N) is 4.